The van der Waals surface area contributed by atoms with Crippen LogP contribution < -0.4 is 0 Å². The molecule has 0 saturated carbocycles. The van der Waals surface area contributed by atoms with E-state index in [4.69, 9.17) is 9.73 Å². The average Bonchev–Trinajstić information content (AvgIpc) is 2.95. The monoisotopic (exact) mass is 265 g/mol. The van der Waals surface area contributed by atoms with Crippen molar-refractivity contribution in [2.75, 3.05) is 6.61 Å². The standard InChI is InChI=1S/C18H19NO/c1-3-7-15(8-4-1)11-12-18-19-17(14-20-18)13-16-9-5-2-6-10-16/h1-10,17H,11-14H2/t17-/m0/s1. The van der Waals surface area contributed by atoms with E-state index in [1.54, 1.807) is 0 Å². The van der Waals surface area contributed by atoms with E-state index in [9.17, 15) is 0 Å². The zero-order valence-electron chi connectivity index (χ0n) is 11.5. The summed E-state index contributed by atoms with van der Waals surface area (Å²) in [6.07, 6.45) is 2.86. The molecule has 0 amide bonds. The molecule has 1 heterocycles. The number of aryl methyl sites for hydroxylation is 1. The molecule has 0 aromatic heterocycles. The first-order valence-corrected chi connectivity index (χ1v) is 7.17. The summed E-state index contributed by atoms with van der Waals surface area (Å²) in [5, 5.41) is 0. The number of hydrogen-bond acceptors (Lipinski definition) is 2. The summed E-state index contributed by atoms with van der Waals surface area (Å²) < 4.78 is 5.71. The smallest absolute Gasteiger partial charge is 0.183 e. The van der Waals surface area contributed by atoms with Gasteiger partial charge in [-0.3, -0.25) is 0 Å². The molecule has 0 N–H and O–H groups in total. The normalized spacial score (nSPS) is 17.6. The predicted octanol–water partition coefficient (Wildman–Crippen LogP) is 3.66. The Bertz CT molecular complexity index is 562. The van der Waals surface area contributed by atoms with E-state index in [1.165, 1.54) is 11.1 Å². The van der Waals surface area contributed by atoms with Gasteiger partial charge in [-0.2, -0.15) is 0 Å². The first-order valence-electron chi connectivity index (χ1n) is 7.17. The molecule has 0 unspecified atom stereocenters. The Morgan fingerprint density at radius 2 is 1.50 bits per heavy atom. The van der Waals surface area contributed by atoms with Gasteiger partial charge in [0.25, 0.3) is 0 Å². The molecule has 1 aliphatic heterocycles. The van der Waals surface area contributed by atoms with Gasteiger partial charge in [0.1, 0.15) is 6.61 Å². The summed E-state index contributed by atoms with van der Waals surface area (Å²) in [7, 11) is 0. The van der Waals surface area contributed by atoms with Crippen LogP contribution in [0.1, 0.15) is 17.5 Å². The minimum Gasteiger partial charge on any atom is -0.479 e. The van der Waals surface area contributed by atoms with Crippen LogP contribution >= 0.6 is 0 Å². The Morgan fingerprint density at radius 3 is 2.20 bits per heavy atom. The van der Waals surface area contributed by atoms with Crippen molar-refractivity contribution in [1.82, 2.24) is 0 Å². The number of ether oxygens (including phenoxy) is 1. The van der Waals surface area contributed by atoms with E-state index in [1.807, 2.05) is 12.1 Å². The molecule has 0 spiro atoms. The predicted molar refractivity (Wildman–Crippen MR) is 82.1 cm³/mol. The van der Waals surface area contributed by atoms with E-state index in [0.29, 0.717) is 0 Å². The summed E-state index contributed by atoms with van der Waals surface area (Å²) in [5.74, 6) is 0.912. The van der Waals surface area contributed by atoms with Crippen LogP contribution in [0.5, 0.6) is 0 Å². The van der Waals surface area contributed by atoms with E-state index < -0.39 is 0 Å². The van der Waals surface area contributed by atoms with Crippen LogP contribution in [0.3, 0.4) is 0 Å². The number of aliphatic imine (C=N–C) groups is 1. The van der Waals surface area contributed by atoms with Gasteiger partial charge in [-0.25, -0.2) is 4.99 Å². The van der Waals surface area contributed by atoms with Crippen LogP contribution in [0.4, 0.5) is 0 Å². The molecular formula is C18H19NO. The Balaban J connectivity index is 1.53. The quantitative estimate of drug-likeness (QED) is 0.808. The second kappa shape index (κ2) is 6.38. The maximum Gasteiger partial charge on any atom is 0.183 e. The van der Waals surface area contributed by atoms with E-state index in [-0.39, 0.29) is 6.04 Å². The molecule has 1 aliphatic rings. The van der Waals surface area contributed by atoms with E-state index in [0.717, 1.165) is 31.8 Å². The molecule has 0 radical (unpaired) electrons. The number of benzene rings is 2. The third-order valence-electron chi connectivity index (χ3n) is 3.55. The summed E-state index contributed by atoms with van der Waals surface area (Å²) in [4.78, 5) is 4.69. The lowest BCUT2D eigenvalue weighted by molar-refractivity contribution is 0.309. The highest BCUT2D eigenvalue weighted by atomic mass is 16.5. The fourth-order valence-corrected chi connectivity index (χ4v) is 2.49. The molecule has 102 valence electrons. The maximum atomic E-state index is 5.71. The summed E-state index contributed by atoms with van der Waals surface area (Å²) >= 11 is 0. The molecule has 2 aromatic carbocycles. The SMILES string of the molecule is c1ccc(CCC2=N[C@@H](Cc3ccccc3)CO2)cc1. The number of nitrogens with zero attached hydrogens (tertiary/aromatic N) is 1. The number of hydrogen-bond donors (Lipinski definition) is 0. The van der Waals surface area contributed by atoms with Crippen LogP contribution in [-0.2, 0) is 17.6 Å². The third kappa shape index (κ3) is 3.47. The fourth-order valence-electron chi connectivity index (χ4n) is 2.49. The summed E-state index contributed by atoms with van der Waals surface area (Å²) in [6.45, 7) is 0.721. The fraction of sp³-hybridized carbons (Fsp3) is 0.278. The van der Waals surface area contributed by atoms with Crippen molar-refractivity contribution in [1.29, 1.82) is 0 Å². The molecule has 1 atom stereocenters. The van der Waals surface area contributed by atoms with Crippen molar-refractivity contribution in [2.24, 2.45) is 4.99 Å². The van der Waals surface area contributed by atoms with Crippen LogP contribution in [0.15, 0.2) is 65.7 Å². The maximum absolute atomic E-state index is 5.71. The first kappa shape index (κ1) is 12.9. The largest absolute Gasteiger partial charge is 0.479 e. The highest BCUT2D eigenvalue weighted by Crippen LogP contribution is 2.14. The van der Waals surface area contributed by atoms with E-state index in [2.05, 4.69) is 48.5 Å². The molecule has 0 saturated heterocycles. The first-order chi connectivity index (χ1) is 9.90. The van der Waals surface area contributed by atoms with Gasteiger partial charge in [-0.1, -0.05) is 60.7 Å². The molecule has 3 rings (SSSR count). The second-order valence-corrected chi connectivity index (χ2v) is 5.16. The molecule has 2 aromatic rings. The van der Waals surface area contributed by atoms with Gasteiger partial charge >= 0.3 is 0 Å². The van der Waals surface area contributed by atoms with Crippen LogP contribution in [-0.4, -0.2) is 18.5 Å². The van der Waals surface area contributed by atoms with Crippen molar-refractivity contribution in [3.05, 3.63) is 71.8 Å². The molecular weight excluding hydrogens is 246 g/mol. The lowest BCUT2D eigenvalue weighted by atomic mass is 10.1. The van der Waals surface area contributed by atoms with Gasteiger partial charge in [-0.15, -0.1) is 0 Å². The van der Waals surface area contributed by atoms with Crippen LogP contribution in [0, 0.1) is 0 Å². The molecule has 2 nitrogen and oxygen atoms in total. The van der Waals surface area contributed by atoms with Crippen molar-refractivity contribution in [3.63, 3.8) is 0 Å². The molecule has 0 aliphatic carbocycles. The Hall–Kier alpha value is -2.09. The highest BCUT2D eigenvalue weighted by Gasteiger charge is 2.18. The van der Waals surface area contributed by atoms with Gasteiger partial charge in [0, 0.05) is 6.42 Å². The van der Waals surface area contributed by atoms with Gasteiger partial charge in [0.2, 0.25) is 0 Å². The minimum atomic E-state index is 0.281. The van der Waals surface area contributed by atoms with Gasteiger partial charge in [0.05, 0.1) is 6.04 Å². The number of rotatable bonds is 5. The van der Waals surface area contributed by atoms with Crippen LogP contribution in [0.2, 0.25) is 0 Å². The van der Waals surface area contributed by atoms with Crippen molar-refractivity contribution < 1.29 is 4.74 Å². The highest BCUT2D eigenvalue weighted by molar-refractivity contribution is 5.78. The molecule has 20 heavy (non-hydrogen) atoms. The second-order valence-electron chi connectivity index (χ2n) is 5.16. The van der Waals surface area contributed by atoms with Crippen LogP contribution in [0.25, 0.3) is 0 Å². The minimum absolute atomic E-state index is 0.281. The van der Waals surface area contributed by atoms with Crippen molar-refractivity contribution in [2.45, 2.75) is 25.3 Å². The Kier molecular flexibility index (Phi) is 4.12. The average molecular weight is 265 g/mol. The molecule has 0 fully saturated rings. The van der Waals surface area contributed by atoms with E-state index >= 15 is 0 Å². The zero-order chi connectivity index (χ0) is 13.6. The lowest BCUT2D eigenvalue weighted by Gasteiger charge is -2.04. The molecule has 0 bridgehead atoms. The zero-order valence-corrected chi connectivity index (χ0v) is 11.5. The van der Waals surface area contributed by atoms with Gasteiger partial charge in [-0.05, 0) is 24.0 Å². The summed E-state index contributed by atoms with van der Waals surface area (Å²) in [5.41, 5.74) is 2.67. The third-order valence-corrected chi connectivity index (χ3v) is 3.55. The lowest BCUT2D eigenvalue weighted by Crippen LogP contribution is -2.09. The van der Waals surface area contributed by atoms with Crippen molar-refractivity contribution >= 4 is 5.90 Å². The van der Waals surface area contributed by atoms with Gasteiger partial charge in [0.15, 0.2) is 5.90 Å². The Morgan fingerprint density at radius 1 is 0.850 bits per heavy atom. The van der Waals surface area contributed by atoms with Crippen molar-refractivity contribution in [3.8, 4) is 0 Å². The Labute approximate surface area is 120 Å². The summed E-state index contributed by atoms with van der Waals surface area (Å²) in [6, 6.07) is 21.3. The topological polar surface area (TPSA) is 21.6 Å². The molecule has 2 heteroatoms. The van der Waals surface area contributed by atoms with Gasteiger partial charge < -0.3 is 4.74 Å².